The second-order valence-electron chi connectivity index (χ2n) is 10.1. The molecule has 0 saturated carbocycles. The third-order valence-corrected chi connectivity index (χ3v) is 6.06. The van der Waals surface area contributed by atoms with E-state index in [1.165, 1.54) is 11.1 Å². The van der Waals surface area contributed by atoms with Crippen LogP contribution in [0.2, 0.25) is 5.02 Å². The van der Waals surface area contributed by atoms with Gasteiger partial charge in [0.05, 0.1) is 17.1 Å². The highest BCUT2D eigenvalue weighted by Gasteiger charge is 2.26. The van der Waals surface area contributed by atoms with Crippen molar-refractivity contribution in [2.24, 2.45) is 0 Å². The Balaban J connectivity index is 0.000000360. The first-order valence-corrected chi connectivity index (χ1v) is 12.9. The Labute approximate surface area is 228 Å². The number of nitrogens with one attached hydrogen (secondary N) is 1. The Morgan fingerprint density at radius 2 is 1.68 bits per heavy atom. The molecule has 0 bridgehead atoms. The third kappa shape index (κ3) is 9.17. The number of hydrogen-bond donors (Lipinski definition) is 1. The molecule has 8 heteroatoms. The van der Waals surface area contributed by atoms with Crippen molar-refractivity contribution < 1.29 is 9.53 Å². The van der Waals surface area contributed by atoms with E-state index in [1.807, 2.05) is 36.7 Å². The van der Waals surface area contributed by atoms with Gasteiger partial charge in [0.2, 0.25) is 0 Å². The molecule has 4 rings (SSSR count). The van der Waals surface area contributed by atoms with Crippen LogP contribution >= 0.6 is 11.6 Å². The molecule has 204 valence electrons. The Hall–Kier alpha value is -2.90. The summed E-state index contributed by atoms with van der Waals surface area (Å²) in [5.41, 5.74) is 6.13. The molecule has 1 aliphatic heterocycles. The van der Waals surface area contributed by atoms with Crippen molar-refractivity contribution in [3.63, 3.8) is 0 Å². The number of aryl methyl sites for hydroxylation is 1. The number of fused-ring (bicyclic) bond motifs is 1. The van der Waals surface area contributed by atoms with Gasteiger partial charge in [0.1, 0.15) is 6.79 Å². The van der Waals surface area contributed by atoms with E-state index in [1.54, 1.807) is 14.2 Å². The standard InChI is InChI=1S/C15H20ClN5.C11H16.C2H6O.CH2O/c1-10(2)20-8-4-5-13-15(20)18-19-21(13)14-9-11(16)6-7-12(14)17-3;1-9-5-7-10(8-6-9)11(2,3)4;1-3-2;1-2/h6-7,9-10,17H,4-5,8H2,1-3H3;5-8H,1-4H3;1-2H3;1H2. The molecule has 1 N–H and O–H groups in total. The maximum Gasteiger partial charge on any atom is 0.175 e. The van der Waals surface area contributed by atoms with Gasteiger partial charge < -0.3 is 19.7 Å². The number of aromatic nitrogens is 3. The Morgan fingerprint density at radius 3 is 2.19 bits per heavy atom. The Bertz CT molecular complexity index is 1070. The molecule has 2 heterocycles. The summed E-state index contributed by atoms with van der Waals surface area (Å²) in [6.07, 6.45) is 2.11. The Kier molecular flexibility index (Phi) is 13.4. The van der Waals surface area contributed by atoms with Crippen molar-refractivity contribution in [2.75, 3.05) is 38.0 Å². The number of ether oxygens (including phenoxy) is 1. The molecule has 7 nitrogen and oxygen atoms in total. The number of hydrogen-bond acceptors (Lipinski definition) is 6. The van der Waals surface area contributed by atoms with Gasteiger partial charge in [-0.15, -0.1) is 5.10 Å². The summed E-state index contributed by atoms with van der Waals surface area (Å²) in [6, 6.07) is 14.9. The lowest BCUT2D eigenvalue weighted by Gasteiger charge is -2.31. The topological polar surface area (TPSA) is 72.3 Å². The van der Waals surface area contributed by atoms with Gasteiger partial charge in [-0.25, -0.2) is 4.68 Å². The van der Waals surface area contributed by atoms with Crippen molar-refractivity contribution in [3.8, 4) is 5.69 Å². The predicted molar refractivity (Wildman–Crippen MR) is 157 cm³/mol. The lowest BCUT2D eigenvalue weighted by atomic mass is 9.87. The summed E-state index contributed by atoms with van der Waals surface area (Å²) < 4.78 is 6.17. The van der Waals surface area contributed by atoms with Gasteiger partial charge >= 0.3 is 0 Å². The summed E-state index contributed by atoms with van der Waals surface area (Å²) >= 11 is 6.15. The van der Waals surface area contributed by atoms with Crippen LogP contribution in [0.5, 0.6) is 0 Å². The smallest absolute Gasteiger partial charge is 0.175 e. The average Bonchev–Trinajstić information content (AvgIpc) is 3.30. The van der Waals surface area contributed by atoms with Crippen molar-refractivity contribution >= 4 is 29.9 Å². The van der Waals surface area contributed by atoms with Crippen LogP contribution in [0.15, 0.2) is 42.5 Å². The zero-order valence-electron chi connectivity index (χ0n) is 23.9. The van der Waals surface area contributed by atoms with Gasteiger partial charge in [0.15, 0.2) is 5.82 Å². The van der Waals surface area contributed by atoms with Crippen LogP contribution in [0, 0.1) is 6.92 Å². The lowest BCUT2D eigenvalue weighted by Crippen LogP contribution is -2.35. The molecule has 1 aromatic heterocycles. The van der Waals surface area contributed by atoms with Crippen LogP contribution in [-0.4, -0.2) is 55.6 Å². The van der Waals surface area contributed by atoms with Crippen LogP contribution in [0.3, 0.4) is 0 Å². The van der Waals surface area contributed by atoms with Crippen molar-refractivity contribution in [2.45, 2.75) is 65.8 Å². The molecule has 2 aromatic carbocycles. The first-order valence-electron chi connectivity index (χ1n) is 12.5. The second-order valence-corrected chi connectivity index (χ2v) is 10.5. The van der Waals surface area contributed by atoms with Crippen molar-refractivity contribution in [3.05, 3.63) is 64.3 Å². The maximum absolute atomic E-state index is 8.00. The van der Waals surface area contributed by atoms with Gasteiger partial charge in [0, 0.05) is 38.9 Å². The molecule has 0 radical (unpaired) electrons. The molecule has 0 unspecified atom stereocenters. The predicted octanol–water partition coefficient (Wildman–Crippen LogP) is 6.49. The molecule has 3 aromatic rings. The summed E-state index contributed by atoms with van der Waals surface area (Å²) in [5, 5.41) is 12.7. The molecule has 0 spiro atoms. The zero-order valence-corrected chi connectivity index (χ0v) is 24.7. The van der Waals surface area contributed by atoms with Gasteiger partial charge in [-0.3, -0.25) is 0 Å². The third-order valence-electron chi connectivity index (χ3n) is 5.83. The fourth-order valence-corrected chi connectivity index (χ4v) is 4.06. The first kappa shape index (κ1) is 32.1. The van der Waals surface area contributed by atoms with E-state index in [2.05, 4.69) is 91.1 Å². The number of anilines is 2. The van der Waals surface area contributed by atoms with Gasteiger partial charge in [-0.2, -0.15) is 0 Å². The van der Waals surface area contributed by atoms with E-state index < -0.39 is 0 Å². The summed E-state index contributed by atoms with van der Waals surface area (Å²) in [5.74, 6) is 0.998. The molecule has 0 aliphatic carbocycles. The minimum atomic E-state index is 0.285. The van der Waals surface area contributed by atoms with E-state index in [-0.39, 0.29) is 5.41 Å². The minimum Gasteiger partial charge on any atom is -0.388 e. The number of carbonyl (C=O) groups is 1. The van der Waals surface area contributed by atoms with Gasteiger partial charge in [-0.05, 0) is 62.8 Å². The SMILES string of the molecule is C=O.CNc1ccc(Cl)cc1-n1nnc2c1CCCN2C(C)C.COC.Cc1ccc(C(C)(C)C)cc1. The number of benzene rings is 2. The molecule has 0 amide bonds. The van der Waals surface area contributed by atoms with E-state index in [9.17, 15) is 0 Å². The number of carbonyl (C=O) groups excluding carboxylic acids is 1. The van der Waals surface area contributed by atoms with Gasteiger partial charge in [0.25, 0.3) is 0 Å². The monoisotopic (exact) mass is 529 g/mol. The highest BCUT2D eigenvalue weighted by atomic mass is 35.5. The fourth-order valence-electron chi connectivity index (χ4n) is 3.90. The highest BCUT2D eigenvalue weighted by molar-refractivity contribution is 6.30. The van der Waals surface area contributed by atoms with E-state index >= 15 is 0 Å². The van der Waals surface area contributed by atoms with Crippen molar-refractivity contribution in [1.82, 2.24) is 15.0 Å². The Morgan fingerprint density at radius 1 is 1.08 bits per heavy atom. The fraction of sp³-hybridized carbons (Fsp3) is 0.483. The molecule has 0 atom stereocenters. The average molecular weight is 530 g/mol. The quantitative estimate of drug-likeness (QED) is 0.418. The first-order chi connectivity index (χ1) is 17.5. The number of rotatable bonds is 3. The van der Waals surface area contributed by atoms with Crippen LogP contribution < -0.4 is 10.2 Å². The molecule has 0 fully saturated rings. The number of nitrogens with zero attached hydrogens (tertiary/aromatic N) is 4. The van der Waals surface area contributed by atoms with Crippen LogP contribution in [-0.2, 0) is 21.4 Å². The van der Waals surface area contributed by atoms with E-state index in [0.29, 0.717) is 11.1 Å². The van der Waals surface area contributed by atoms with E-state index in [0.717, 1.165) is 42.3 Å². The molecule has 0 saturated heterocycles. The summed E-state index contributed by atoms with van der Waals surface area (Å²) in [6.45, 7) is 16.2. The summed E-state index contributed by atoms with van der Waals surface area (Å²) in [7, 11) is 5.15. The van der Waals surface area contributed by atoms with Crippen LogP contribution in [0.25, 0.3) is 5.69 Å². The normalized spacial score (nSPS) is 12.2. The number of halogens is 1. The zero-order chi connectivity index (χ0) is 28.2. The number of methoxy groups -OCH3 is 1. The van der Waals surface area contributed by atoms with Gasteiger partial charge in [-0.1, -0.05) is 67.4 Å². The van der Waals surface area contributed by atoms with E-state index in [4.69, 9.17) is 16.4 Å². The lowest BCUT2D eigenvalue weighted by molar-refractivity contribution is -0.0980. The minimum absolute atomic E-state index is 0.285. The molecular formula is C29H44ClN5O2. The second kappa shape index (κ2) is 15.4. The molecule has 37 heavy (non-hydrogen) atoms. The summed E-state index contributed by atoms with van der Waals surface area (Å²) in [4.78, 5) is 10.3. The van der Waals surface area contributed by atoms with Crippen molar-refractivity contribution in [1.29, 1.82) is 0 Å². The molecular weight excluding hydrogens is 486 g/mol. The molecule has 1 aliphatic rings. The highest BCUT2D eigenvalue weighted by Crippen LogP contribution is 2.31. The largest absolute Gasteiger partial charge is 0.388 e. The van der Waals surface area contributed by atoms with Crippen LogP contribution in [0.4, 0.5) is 11.5 Å². The van der Waals surface area contributed by atoms with Crippen LogP contribution in [0.1, 0.15) is 57.9 Å². The maximum atomic E-state index is 8.00.